The number of piperidine rings is 1. The van der Waals surface area contributed by atoms with E-state index in [9.17, 15) is 22.8 Å². The number of hydrogen-bond donors (Lipinski definition) is 2. The molecule has 0 atom stereocenters. The van der Waals surface area contributed by atoms with Crippen LogP contribution in [0.3, 0.4) is 0 Å². The van der Waals surface area contributed by atoms with Crippen molar-refractivity contribution in [3.63, 3.8) is 0 Å². The number of benzene rings is 1. The Bertz CT molecular complexity index is 1100. The smallest absolute Gasteiger partial charge is 0.353 e. The number of pyridine rings is 1. The number of fused-ring (bicyclic) bond motifs is 3. The lowest BCUT2D eigenvalue weighted by molar-refractivity contribution is -0.167. The van der Waals surface area contributed by atoms with Crippen LogP contribution < -0.4 is 5.32 Å². The van der Waals surface area contributed by atoms with Crippen LogP contribution in [0.25, 0.3) is 21.8 Å². The number of aromatic nitrogens is 2. The molecule has 1 aromatic carbocycles. The fourth-order valence-electron chi connectivity index (χ4n) is 3.81. The van der Waals surface area contributed by atoms with E-state index in [1.165, 1.54) is 12.1 Å². The maximum Gasteiger partial charge on any atom is 0.471 e. The standard InChI is InChI=1S/C20H19F3N4O2/c1-11(28)27-6-4-12(5-7-27)17-9-15-14-8-13(25-19(29)20(21,22)23)2-3-16(14)26-18(15)10-24-17/h2-3,8-10,12,26H,4-7H2,1H3,(H,25,29). The quantitative estimate of drug-likeness (QED) is 0.679. The van der Waals surface area contributed by atoms with E-state index in [0.717, 1.165) is 35.0 Å². The van der Waals surface area contributed by atoms with E-state index in [4.69, 9.17) is 0 Å². The molecular formula is C20H19F3N4O2. The molecule has 152 valence electrons. The molecule has 0 bridgehead atoms. The fourth-order valence-corrected chi connectivity index (χ4v) is 3.81. The van der Waals surface area contributed by atoms with Gasteiger partial charge in [-0.25, -0.2) is 0 Å². The molecule has 2 aromatic heterocycles. The molecule has 3 heterocycles. The average Bonchev–Trinajstić information content (AvgIpc) is 3.04. The van der Waals surface area contributed by atoms with Gasteiger partial charge in [0.05, 0.1) is 11.7 Å². The van der Waals surface area contributed by atoms with Crippen LogP contribution in [0.1, 0.15) is 31.4 Å². The molecule has 0 spiro atoms. The number of likely N-dealkylation sites (tertiary alicyclic amines) is 1. The Morgan fingerprint density at radius 1 is 1.14 bits per heavy atom. The van der Waals surface area contributed by atoms with Crippen LogP contribution in [0.2, 0.25) is 0 Å². The molecule has 2 amide bonds. The summed E-state index contributed by atoms with van der Waals surface area (Å²) in [7, 11) is 0. The van der Waals surface area contributed by atoms with Crippen LogP contribution >= 0.6 is 0 Å². The zero-order valence-corrected chi connectivity index (χ0v) is 15.6. The fraction of sp³-hybridized carbons (Fsp3) is 0.350. The predicted molar refractivity (Wildman–Crippen MR) is 103 cm³/mol. The Hall–Kier alpha value is -3.10. The molecule has 9 heteroatoms. The Balaban J connectivity index is 1.65. The first-order valence-electron chi connectivity index (χ1n) is 9.27. The molecule has 6 nitrogen and oxygen atoms in total. The van der Waals surface area contributed by atoms with Crippen LogP contribution in [0.4, 0.5) is 18.9 Å². The van der Waals surface area contributed by atoms with Gasteiger partial charge >= 0.3 is 12.1 Å². The minimum Gasteiger partial charge on any atom is -0.353 e. The van der Waals surface area contributed by atoms with Crippen molar-refractivity contribution in [2.24, 2.45) is 0 Å². The second-order valence-corrected chi connectivity index (χ2v) is 7.27. The summed E-state index contributed by atoms with van der Waals surface area (Å²) in [6, 6.07) is 6.52. The van der Waals surface area contributed by atoms with Gasteiger partial charge < -0.3 is 15.2 Å². The van der Waals surface area contributed by atoms with Crippen molar-refractivity contribution < 1.29 is 22.8 Å². The molecule has 29 heavy (non-hydrogen) atoms. The topological polar surface area (TPSA) is 78.1 Å². The number of rotatable bonds is 2. The van der Waals surface area contributed by atoms with Gasteiger partial charge in [0.15, 0.2) is 0 Å². The molecule has 1 fully saturated rings. The zero-order chi connectivity index (χ0) is 20.8. The van der Waals surface area contributed by atoms with E-state index in [1.54, 1.807) is 19.2 Å². The minimum atomic E-state index is -4.94. The minimum absolute atomic E-state index is 0.0666. The highest BCUT2D eigenvalue weighted by molar-refractivity contribution is 6.09. The molecule has 0 radical (unpaired) electrons. The highest BCUT2D eigenvalue weighted by Gasteiger charge is 2.38. The molecule has 0 unspecified atom stereocenters. The number of amides is 2. The number of halogens is 3. The molecular weight excluding hydrogens is 385 g/mol. The third kappa shape index (κ3) is 3.76. The molecule has 4 rings (SSSR count). The van der Waals surface area contributed by atoms with Crippen LogP contribution in [-0.4, -0.2) is 45.9 Å². The number of carbonyl (C=O) groups is 2. The monoisotopic (exact) mass is 404 g/mol. The maximum absolute atomic E-state index is 12.5. The number of carbonyl (C=O) groups excluding carboxylic acids is 2. The van der Waals surface area contributed by atoms with Crippen molar-refractivity contribution in [2.45, 2.75) is 31.9 Å². The third-order valence-electron chi connectivity index (χ3n) is 5.38. The number of H-pyrrole nitrogens is 1. The summed E-state index contributed by atoms with van der Waals surface area (Å²) in [6.45, 7) is 2.92. The van der Waals surface area contributed by atoms with Crippen molar-refractivity contribution in [2.75, 3.05) is 18.4 Å². The summed E-state index contributed by atoms with van der Waals surface area (Å²) >= 11 is 0. The normalized spacial score (nSPS) is 15.8. The summed E-state index contributed by atoms with van der Waals surface area (Å²) in [5, 5.41) is 3.44. The average molecular weight is 404 g/mol. The lowest BCUT2D eigenvalue weighted by Gasteiger charge is -2.31. The van der Waals surface area contributed by atoms with E-state index in [2.05, 4.69) is 9.97 Å². The first-order chi connectivity index (χ1) is 13.7. The summed E-state index contributed by atoms with van der Waals surface area (Å²) in [4.78, 5) is 32.3. The van der Waals surface area contributed by atoms with E-state index >= 15 is 0 Å². The zero-order valence-electron chi connectivity index (χ0n) is 15.6. The number of anilines is 1. The van der Waals surface area contributed by atoms with Gasteiger partial charge in [-0.3, -0.25) is 14.6 Å². The third-order valence-corrected chi connectivity index (χ3v) is 5.38. The molecule has 3 aromatic rings. The van der Waals surface area contributed by atoms with E-state index < -0.39 is 12.1 Å². The lowest BCUT2D eigenvalue weighted by atomic mass is 9.92. The van der Waals surface area contributed by atoms with Gasteiger partial charge in [0.1, 0.15) is 0 Å². The largest absolute Gasteiger partial charge is 0.471 e. The van der Waals surface area contributed by atoms with Crippen LogP contribution in [0.5, 0.6) is 0 Å². The SMILES string of the molecule is CC(=O)N1CCC(c2cc3c(cn2)[nH]c2ccc(NC(=O)C(F)(F)F)cc23)CC1. The van der Waals surface area contributed by atoms with Crippen molar-refractivity contribution in [1.29, 1.82) is 0 Å². The van der Waals surface area contributed by atoms with E-state index in [-0.39, 0.29) is 17.5 Å². The van der Waals surface area contributed by atoms with Crippen molar-refractivity contribution in [1.82, 2.24) is 14.9 Å². The van der Waals surface area contributed by atoms with Crippen LogP contribution in [0, 0.1) is 0 Å². The number of aromatic amines is 1. The van der Waals surface area contributed by atoms with Gasteiger partial charge in [-0.05, 0) is 37.1 Å². The van der Waals surface area contributed by atoms with Crippen LogP contribution in [-0.2, 0) is 9.59 Å². The molecule has 1 saturated heterocycles. The van der Waals surface area contributed by atoms with Gasteiger partial charge in [0.25, 0.3) is 0 Å². The highest BCUT2D eigenvalue weighted by Crippen LogP contribution is 2.33. The van der Waals surface area contributed by atoms with Gasteiger partial charge in [0.2, 0.25) is 5.91 Å². The first kappa shape index (κ1) is 19.2. The summed E-state index contributed by atoms with van der Waals surface area (Å²) in [6.07, 6.45) is -1.60. The Morgan fingerprint density at radius 2 is 1.83 bits per heavy atom. The van der Waals surface area contributed by atoms with E-state index in [0.29, 0.717) is 18.5 Å². The molecule has 1 aliphatic heterocycles. The Morgan fingerprint density at radius 3 is 2.48 bits per heavy atom. The summed E-state index contributed by atoms with van der Waals surface area (Å²) in [5.74, 6) is -1.72. The van der Waals surface area contributed by atoms with Crippen molar-refractivity contribution >= 4 is 39.3 Å². The van der Waals surface area contributed by atoms with Crippen LogP contribution in [0.15, 0.2) is 30.5 Å². The second-order valence-electron chi connectivity index (χ2n) is 7.27. The van der Waals surface area contributed by atoms with Crippen molar-refractivity contribution in [3.05, 3.63) is 36.2 Å². The number of nitrogens with zero attached hydrogens (tertiary/aromatic N) is 2. The Kier molecular flexibility index (Phi) is 4.68. The molecule has 0 saturated carbocycles. The summed E-state index contributed by atoms with van der Waals surface area (Å²) < 4.78 is 37.6. The van der Waals surface area contributed by atoms with Gasteiger partial charge in [-0.1, -0.05) is 0 Å². The summed E-state index contributed by atoms with van der Waals surface area (Å²) in [5.41, 5.74) is 2.49. The molecule has 1 aliphatic rings. The maximum atomic E-state index is 12.5. The van der Waals surface area contributed by atoms with Gasteiger partial charge in [-0.15, -0.1) is 0 Å². The van der Waals surface area contributed by atoms with Crippen molar-refractivity contribution in [3.8, 4) is 0 Å². The number of alkyl halides is 3. The van der Waals surface area contributed by atoms with Gasteiger partial charge in [-0.2, -0.15) is 13.2 Å². The Labute approximate surface area is 164 Å². The van der Waals surface area contributed by atoms with Gasteiger partial charge in [0, 0.05) is 53.6 Å². The molecule has 0 aliphatic carbocycles. The number of hydrogen-bond acceptors (Lipinski definition) is 3. The second kappa shape index (κ2) is 7.06. The molecule has 2 N–H and O–H groups in total. The number of nitrogens with one attached hydrogen (secondary N) is 2. The highest BCUT2D eigenvalue weighted by atomic mass is 19.4. The predicted octanol–water partition coefficient (Wildman–Crippen LogP) is 3.94. The first-order valence-corrected chi connectivity index (χ1v) is 9.27. The lowest BCUT2D eigenvalue weighted by Crippen LogP contribution is -2.36. The van der Waals surface area contributed by atoms with E-state index in [1.807, 2.05) is 16.3 Å².